The summed E-state index contributed by atoms with van der Waals surface area (Å²) >= 11 is 3.46. The van der Waals surface area contributed by atoms with E-state index in [1.165, 1.54) is 16.8 Å². The summed E-state index contributed by atoms with van der Waals surface area (Å²) in [7, 11) is 2.10. The summed E-state index contributed by atoms with van der Waals surface area (Å²) in [5, 5.41) is 0. The standard InChI is InChI=1S/C21H25BrN2O/c1-23-14-15-24(16-18-7-3-4-8-20(18)23)21(25)9-5-2-6-17-10-12-19(22)13-11-17/h3-4,7-8,10-13H,2,5-6,9,14-16H2,1H3. The van der Waals surface area contributed by atoms with E-state index in [4.69, 9.17) is 0 Å². The molecular weight excluding hydrogens is 376 g/mol. The van der Waals surface area contributed by atoms with Gasteiger partial charge in [-0.15, -0.1) is 0 Å². The number of nitrogens with zero attached hydrogens (tertiary/aromatic N) is 2. The highest BCUT2D eigenvalue weighted by molar-refractivity contribution is 9.10. The maximum absolute atomic E-state index is 12.6. The fourth-order valence-electron chi connectivity index (χ4n) is 3.32. The Bertz CT molecular complexity index is 714. The monoisotopic (exact) mass is 400 g/mol. The van der Waals surface area contributed by atoms with Gasteiger partial charge in [-0.1, -0.05) is 46.3 Å². The van der Waals surface area contributed by atoms with Crippen LogP contribution in [0.2, 0.25) is 0 Å². The maximum atomic E-state index is 12.6. The Morgan fingerprint density at radius 3 is 2.60 bits per heavy atom. The van der Waals surface area contributed by atoms with Crippen molar-refractivity contribution >= 4 is 27.5 Å². The first kappa shape index (κ1) is 18.0. The SMILES string of the molecule is CN1CCN(C(=O)CCCCc2ccc(Br)cc2)Cc2ccccc21. The number of halogens is 1. The number of anilines is 1. The van der Waals surface area contributed by atoms with E-state index in [0.717, 1.165) is 43.4 Å². The first-order chi connectivity index (χ1) is 12.1. The van der Waals surface area contributed by atoms with E-state index in [1.807, 2.05) is 4.90 Å². The minimum atomic E-state index is 0.279. The molecule has 0 aromatic heterocycles. The Balaban J connectivity index is 1.49. The third-order valence-electron chi connectivity index (χ3n) is 4.84. The minimum absolute atomic E-state index is 0.279. The van der Waals surface area contributed by atoms with Crippen LogP contribution in [-0.2, 0) is 17.8 Å². The number of hydrogen-bond donors (Lipinski definition) is 0. The molecule has 4 heteroatoms. The number of likely N-dealkylation sites (N-methyl/N-ethyl adjacent to an activating group) is 1. The largest absolute Gasteiger partial charge is 0.373 e. The molecule has 0 saturated carbocycles. The van der Waals surface area contributed by atoms with Crippen molar-refractivity contribution in [3.63, 3.8) is 0 Å². The molecule has 1 heterocycles. The van der Waals surface area contributed by atoms with Gasteiger partial charge in [0.25, 0.3) is 0 Å². The van der Waals surface area contributed by atoms with Gasteiger partial charge in [0.05, 0.1) is 0 Å². The van der Waals surface area contributed by atoms with E-state index in [0.29, 0.717) is 6.42 Å². The van der Waals surface area contributed by atoms with Crippen molar-refractivity contribution in [2.75, 3.05) is 25.0 Å². The van der Waals surface area contributed by atoms with Crippen molar-refractivity contribution in [1.29, 1.82) is 0 Å². The lowest BCUT2D eigenvalue weighted by Crippen LogP contribution is -2.34. The molecule has 0 bridgehead atoms. The lowest BCUT2D eigenvalue weighted by molar-refractivity contribution is -0.131. The Morgan fingerprint density at radius 2 is 1.80 bits per heavy atom. The molecule has 3 nitrogen and oxygen atoms in total. The van der Waals surface area contributed by atoms with Crippen molar-refractivity contribution in [1.82, 2.24) is 4.90 Å². The second-order valence-corrected chi connectivity index (χ2v) is 7.61. The zero-order valence-electron chi connectivity index (χ0n) is 14.7. The first-order valence-electron chi connectivity index (χ1n) is 8.95. The molecule has 1 amide bonds. The van der Waals surface area contributed by atoms with Crippen LogP contribution in [0.3, 0.4) is 0 Å². The van der Waals surface area contributed by atoms with E-state index in [-0.39, 0.29) is 5.91 Å². The van der Waals surface area contributed by atoms with Gasteiger partial charge in [0.1, 0.15) is 0 Å². The lowest BCUT2D eigenvalue weighted by atomic mass is 10.1. The van der Waals surface area contributed by atoms with Gasteiger partial charge in [-0.2, -0.15) is 0 Å². The number of para-hydroxylation sites is 1. The molecule has 0 fully saturated rings. The number of aryl methyl sites for hydroxylation is 1. The van der Waals surface area contributed by atoms with Crippen LogP contribution < -0.4 is 4.90 Å². The second kappa shape index (κ2) is 8.52. The quantitative estimate of drug-likeness (QED) is 0.682. The Morgan fingerprint density at radius 1 is 1.04 bits per heavy atom. The van der Waals surface area contributed by atoms with Gasteiger partial charge in [0, 0.05) is 43.3 Å². The van der Waals surface area contributed by atoms with Gasteiger partial charge < -0.3 is 9.80 Å². The van der Waals surface area contributed by atoms with E-state index < -0.39 is 0 Å². The predicted octanol–water partition coefficient (Wildman–Crippen LogP) is 4.64. The topological polar surface area (TPSA) is 23.6 Å². The van der Waals surface area contributed by atoms with Crippen LogP contribution in [0, 0.1) is 0 Å². The van der Waals surface area contributed by atoms with Crippen LogP contribution in [-0.4, -0.2) is 30.9 Å². The average molecular weight is 401 g/mol. The van der Waals surface area contributed by atoms with E-state index >= 15 is 0 Å². The van der Waals surface area contributed by atoms with E-state index in [9.17, 15) is 4.79 Å². The summed E-state index contributed by atoms with van der Waals surface area (Å²) in [6, 6.07) is 16.8. The molecule has 25 heavy (non-hydrogen) atoms. The van der Waals surface area contributed by atoms with Gasteiger partial charge in [0.2, 0.25) is 5.91 Å². The summed E-state index contributed by atoms with van der Waals surface area (Å²) in [5.41, 5.74) is 3.82. The zero-order valence-corrected chi connectivity index (χ0v) is 16.3. The summed E-state index contributed by atoms with van der Waals surface area (Å²) in [5.74, 6) is 0.279. The molecule has 0 aliphatic carbocycles. The normalized spacial score (nSPS) is 14.2. The summed E-state index contributed by atoms with van der Waals surface area (Å²) < 4.78 is 1.11. The molecule has 1 aliphatic heterocycles. The average Bonchev–Trinajstić information content (AvgIpc) is 2.80. The highest BCUT2D eigenvalue weighted by Crippen LogP contribution is 2.24. The van der Waals surface area contributed by atoms with Gasteiger partial charge in [0.15, 0.2) is 0 Å². The Kier molecular flexibility index (Phi) is 6.14. The Labute approximate surface area is 158 Å². The summed E-state index contributed by atoms with van der Waals surface area (Å²) in [6.45, 7) is 2.42. The molecule has 0 radical (unpaired) electrons. The number of unbranched alkanes of at least 4 members (excludes halogenated alkanes) is 1. The smallest absolute Gasteiger partial charge is 0.222 e. The molecule has 0 spiro atoms. The van der Waals surface area contributed by atoms with Crippen LogP contribution in [0.5, 0.6) is 0 Å². The van der Waals surface area contributed by atoms with Crippen molar-refractivity contribution < 1.29 is 4.79 Å². The van der Waals surface area contributed by atoms with Crippen molar-refractivity contribution in [2.45, 2.75) is 32.2 Å². The van der Waals surface area contributed by atoms with E-state index in [2.05, 4.69) is 76.4 Å². The first-order valence-corrected chi connectivity index (χ1v) is 9.74. The molecule has 3 rings (SSSR count). The van der Waals surface area contributed by atoms with Gasteiger partial charge in [-0.25, -0.2) is 0 Å². The number of amides is 1. The van der Waals surface area contributed by atoms with Crippen molar-refractivity contribution in [3.05, 3.63) is 64.1 Å². The number of rotatable bonds is 5. The molecule has 2 aromatic rings. The number of benzene rings is 2. The van der Waals surface area contributed by atoms with Gasteiger partial charge in [-0.3, -0.25) is 4.79 Å². The molecule has 0 unspecified atom stereocenters. The predicted molar refractivity (Wildman–Crippen MR) is 107 cm³/mol. The molecule has 0 atom stereocenters. The molecule has 0 saturated heterocycles. The van der Waals surface area contributed by atoms with Crippen LogP contribution in [0.25, 0.3) is 0 Å². The number of hydrogen-bond acceptors (Lipinski definition) is 2. The summed E-state index contributed by atoms with van der Waals surface area (Å²) in [6.07, 6.45) is 3.68. The third-order valence-corrected chi connectivity index (χ3v) is 5.37. The van der Waals surface area contributed by atoms with E-state index in [1.54, 1.807) is 0 Å². The van der Waals surface area contributed by atoms with Crippen LogP contribution in [0.1, 0.15) is 30.4 Å². The van der Waals surface area contributed by atoms with Gasteiger partial charge >= 0.3 is 0 Å². The number of carbonyl (C=O) groups is 1. The lowest BCUT2D eigenvalue weighted by Gasteiger charge is -2.21. The van der Waals surface area contributed by atoms with Crippen molar-refractivity contribution in [3.8, 4) is 0 Å². The number of fused-ring (bicyclic) bond motifs is 1. The second-order valence-electron chi connectivity index (χ2n) is 6.70. The highest BCUT2D eigenvalue weighted by Gasteiger charge is 2.20. The molecule has 1 aliphatic rings. The summed E-state index contributed by atoms with van der Waals surface area (Å²) in [4.78, 5) is 16.9. The molecule has 0 N–H and O–H groups in total. The van der Waals surface area contributed by atoms with Crippen LogP contribution in [0.15, 0.2) is 53.0 Å². The molecule has 132 valence electrons. The van der Waals surface area contributed by atoms with Crippen LogP contribution in [0.4, 0.5) is 5.69 Å². The van der Waals surface area contributed by atoms with Crippen LogP contribution >= 0.6 is 15.9 Å². The molecular formula is C21H25BrN2O. The third kappa shape index (κ3) is 4.85. The Hall–Kier alpha value is -1.81. The van der Waals surface area contributed by atoms with Gasteiger partial charge in [-0.05, 0) is 48.6 Å². The fourth-order valence-corrected chi connectivity index (χ4v) is 3.58. The number of carbonyl (C=O) groups excluding carboxylic acids is 1. The highest BCUT2D eigenvalue weighted by atomic mass is 79.9. The zero-order chi connectivity index (χ0) is 17.6. The fraction of sp³-hybridized carbons (Fsp3) is 0.381. The molecule has 2 aromatic carbocycles. The minimum Gasteiger partial charge on any atom is -0.373 e. The maximum Gasteiger partial charge on any atom is 0.222 e. The van der Waals surface area contributed by atoms with Crippen molar-refractivity contribution in [2.24, 2.45) is 0 Å².